The minimum atomic E-state index is -0.427. The van der Waals surface area contributed by atoms with Crippen molar-refractivity contribution >= 4 is 17.7 Å². The first-order valence-electron chi connectivity index (χ1n) is 4.77. The largest absolute Gasteiger partial charge is 0.396 e. The van der Waals surface area contributed by atoms with Crippen LogP contribution in [0, 0.1) is 0 Å². The number of aliphatic hydroxyl groups excluding tert-OH is 1. The summed E-state index contributed by atoms with van der Waals surface area (Å²) in [7, 11) is 0. The molecule has 4 nitrogen and oxygen atoms in total. The fourth-order valence-corrected chi connectivity index (χ4v) is 1.48. The normalized spacial score (nSPS) is 14.9. The summed E-state index contributed by atoms with van der Waals surface area (Å²) in [5, 5.41) is 11.4. The van der Waals surface area contributed by atoms with Gasteiger partial charge in [0.2, 0.25) is 5.91 Å². The molecule has 0 saturated carbocycles. The highest BCUT2D eigenvalue weighted by Crippen LogP contribution is 1.99. The highest BCUT2D eigenvalue weighted by Gasteiger charge is 2.14. The smallest absolute Gasteiger partial charge is 0.237 e. The van der Waals surface area contributed by atoms with Crippen molar-refractivity contribution in [3.05, 3.63) is 0 Å². The van der Waals surface area contributed by atoms with Gasteiger partial charge in [-0.2, -0.15) is 11.8 Å². The maximum atomic E-state index is 11.4. The van der Waals surface area contributed by atoms with Gasteiger partial charge in [0, 0.05) is 12.6 Å². The predicted molar refractivity (Wildman–Crippen MR) is 60.3 cm³/mol. The highest BCUT2D eigenvalue weighted by atomic mass is 32.2. The van der Waals surface area contributed by atoms with E-state index in [2.05, 4.69) is 5.32 Å². The molecular formula is C9H20N2O2S. The Morgan fingerprint density at radius 1 is 1.57 bits per heavy atom. The maximum Gasteiger partial charge on any atom is 0.237 e. The molecule has 0 aromatic heterocycles. The molecule has 0 aromatic carbocycles. The summed E-state index contributed by atoms with van der Waals surface area (Å²) in [6.45, 7) is 1.94. The highest BCUT2D eigenvalue weighted by molar-refractivity contribution is 7.98. The van der Waals surface area contributed by atoms with Crippen LogP contribution in [0.2, 0.25) is 0 Å². The number of nitrogens with one attached hydrogen (secondary N) is 1. The number of carbonyl (C=O) groups is 1. The van der Waals surface area contributed by atoms with E-state index in [1.54, 1.807) is 11.8 Å². The third-order valence-electron chi connectivity index (χ3n) is 1.92. The minimum Gasteiger partial charge on any atom is -0.396 e. The molecule has 0 bridgehead atoms. The molecular weight excluding hydrogens is 200 g/mol. The van der Waals surface area contributed by atoms with Crippen molar-refractivity contribution in [1.29, 1.82) is 0 Å². The molecule has 5 heteroatoms. The van der Waals surface area contributed by atoms with E-state index in [1.807, 2.05) is 13.2 Å². The van der Waals surface area contributed by atoms with Gasteiger partial charge in [0.15, 0.2) is 0 Å². The van der Waals surface area contributed by atoms with Gasteiger partial charge in [0.1, 0.15) is 0 Å². The Hall–Kier alpha value is -0.260. The zero-order chi connectivity index (χ0) is 11.0. The second kappa shape index (κ2) is 8.08. The van der Waals surface area contributed by atoms with Crippen LogP contribution >= 0.6 is 11.8 Å². The van der Waals surface area contributed by atoms with Gasteiger partial charge in [-0.05, 0) is 31.8 Å². The lowest BCUT2D eigenvalue weighted by atomic mass is 10.2. The van der Waals surface area contributed by atoms with Crippen molar-refractivity contribution in [3.8, 4) is 0 Å². The molecule has 0 radical (unpaired) electrons. The molecule has 2 atom stereocenters. The number of hydrogen-bond donors (Lipinski definition) is 3. The maximum absolute atomic E-state index is 11.4. The summed E-state index contributed by atoms with van der Waals surface area (Å²) in [6, 6.07) is -0.434. The molecule has 0 aromatic rings. The fourth-order valence-electron chi connectivity index (χ4n) is 0.992. The predicted octanol–water partition coefficient (Wildman–Crippen LogP) is -0.0461. The Bertz CT molecular complexity index is 167. The lowest BCUT2D eigenvalue weighted by Crippen LogP contribution is -2.44. The van der Waals surface area contributed by atoms with Crippen LogP contribution in [-0.4, -0.2) is 41.7 Å². The quantitative estimate of drug-likeness (QED) is 0.562. The van der Waals surface area contributed by atoms with Crippen LogP contribution in [0.3, 0.4) is 0 Å². The summed E-state index contributed by atoms with van der Waals surface area (Å²) in [5.74, 6) is 0.767. The molecule has 0 aliphatic rings. The molecule has 0 aliphatic heterocycles. The van der Waals surface area contributed by atoms with Crippen LogP contribution in [0.4, 0.5) is 0 Å². The number of aliphatic hydroxyl groups is 1. The van der Waals surface area contributed by atoms with Crippen molar-refractivity contribution < 1.29 is 9.90 Å². The van der Waals surface area contributed by atoms with Crippen LogP contribution in [-0.2, 0) is 4.79 Å². The molecule has 0 heterocycles. The Balaban J connectivity index is 3.71. The SMILES string of the molecule is CSCC[C@H](N)C(=O)NC(C)CCO. The zero-order valence-electron chi connectivity index (χ0n) is 8.82. The standard InChI is InChI=1S/C9H20N2O2S/c1-7(3-5-12)11-9(13)8(10)4-6-14-2/h7-8,12H,3-6,10H2,1-2H3,(H,11,13)/t7?,8-/m0/s1. The van der Waals surface area contributed by atoms with Crippen molar-refractivity contribution in [1.82, 2.24) is 5.32 Å². The summed E-state index contributed by atoms with van der Waals surface area (Å²) in [4.78, 5) is 11.4. The van der Waals surface area contributed by atoms with Gasteiger partial charge >= 0.3 is 0 Å². The van der Waals surface area contributed by atoms with Gasteiger partial charge in [-0.25, -0.2) is 0 Å². The Morgan fingerprint density at radius 2 is 2.21 bits per heavy atom. The second-order valence-corrected chi connectivity index (χ2v) is 4.30. The van der Waals surface area contributed by atoms with Crippen LogP contribution in [0.5, 0.6) is 0 Å². The Morgan fingerprint density at radius 3 is 2.71 bits per heavy atom. The summed E-state index contributed by atoms with van der Waals surface area (Å²) >= 11 is 1.68. The summed E-state index contributed by atoms with van der Waals surface area (Å²) < 4.78 is 0. The van der Waals surface area contributed by atoms with E-state index < -0.39 is 6.04 Å². The van der Waals surface area contributed by atoms with Gasteiger partial charge in [0.05, 0.1) is 6.04 Å². The van der Waals surface area contributed by atoms with Crippen molar-refractivity contribution in [2.75, 3.05) is 18.6 Å². The van der Waals surface area contributed by atoms with Gasteiger partial charge in [-0.3, -0.25) is 4.79 Å². The number of rotatable bonds is 7. The number of hydrogen-bond acceptors (Lipinski definition) is 4. The lowest BCUT2D eigenvalue weighted by molar-refractivity contribution is -0.123. The van der Waals surface area contributed by atoms with E-state index in [0.717, 1.165) is 5.75 Å². The van der Waals surface area contributed by atoms with E-state index in [0.29, 0.717) is 12.8 Å². The third kappa shape index (κ3) is 6.23. The van der Waals surface area contributed by atoms with Gasteiger partial charge < -0.3 is 16.2 Å². The van der Waals surface area contributed by atoms with Gasteiger partial charge in [0.25, 0.3) is 0 Å². The first kappa shape index (κ1) is 13.7. The average Bonchev–Trinajstić information content (AvgIpc) is 2.14. The van der Waals surface area contributed by atoms with Crippen molar-refractivity contribution in [2.45, 2.75) is 31.8 Å². The van der Waals surface area contributed by atoms with Crippen LogP contribution in [0.1, 0.15) is 19.8 Å². The molecule has 1 unspecified atom stereocenters. The first-order chi connectivity index (χ1) is 6.61. The molecule has 84 valence electrons. The Kier molecular flexibility index (Phi) is 7.93. The summed E-state index contributed by atoms with van der Waals surface area (Å²) in [6.07, 6.45) is 3.25. The number of carbonyl (C=O) groups excluding carboxylic acids is 1. The van der Waals surface area contributed by atoms with Gasteiger partial charge in [-0.1, -0.05) is 0 Å². The first-order valence-corrected chi connectivity index (χ1v) is 6.17. The van der Waals surface area contributed by atoms with Crippen LogP contribution in [0.15, 0.2) is 0 Å². The summed E-state index contributed by atoms with van der Waals surface area (Å²) in [5.41, 5.74) is 5.66. The minimum absolute atomic E-state index is 0.00664. The van der Waals surface area contributed by atoms with E-state index in [4.69, 9.17) is 10.8 Å². The van der Waals surface area contributed by atoms with E-state index in [1.165, 1.54) is 0 Å². The van der Waals surface area contributed by atoms with Crippen molar-refractivity contribution in [2.24, 2.45) is 5.73 Å². The molecule has 1 amide bonds. The van der Waals surface area contributed by atoms with Crippen LogP contribution < -0.4 is 11.1 Å². The molecule has 0 saturated heterocycles. The number of nitrogens with two attached hydrogens (primary N) is 1. The molecule has 0 rings (SSSR count). The van der Waals surface area contributed by atoms with Crippen molar-refractivity contribution in [3.63, 3.8) is 0 Å². The van der Waals surface area contributed by atoms with E-state index in [9.17, 15) is 4.79 Å². The zero-order valence-corrected chi connectivity index (χ0v) is 9.64. The lowest BCUT2D eigenvalue weighted by Gasteiger charge is -2.16. The molecule has 0 fully saturated rings. The van der Waals surface area contributed by atoms with Gasteiger partial charge in [-0.15, -0.1) is 0 Å². The number of thioether (sulfide) groups is 1. The second-order valence-electron chi connectivity index (χ2n) is 3.31. The molecule has 0 spiro atoms. The third-order valence-corrected chi connectivity index (χ3v) is 2.56. The fraction of sp³-hybridized carbons (Fsp3) is 0.889. The monoisotopic (exact) mass is 220 g/mol. The van der Waals surface area contributed by atoms with E-state index in [-0.39, 0.29) is 18.6 Å². The molecule has 0 aliphatic carbocycles. The average molecular weight is 220 g/mol. The Labute approximate surface area is 89.6 Å². The molecule has 14 heavy (non-hydrogen) atoms. The van der Waals surface area contributed by atoms with E-state index >= 15 is 0 Å². The molecule has 4 N–H and O–H groups in total. The number of amides is 1. The topological polar surface area (TPSA) is 75.4 Å². The van der Waals surface area contributed by atoms with Crippen LogP contribution in [0.25, 0.3) is 0 Å².